The summed E-state index contributed by atoms with van der Waals surface area (Å²) in [6.07, 6.45) is 0.268. The average molecular weight is 366 g/mol. The smallest absolute Gasteiger partial charge is 0.322 e. The zero-order valence-electron chi connectivity index (χ0n) is 13.2. The minimum Gasteiger partial charge on any atom is -0.323 e. The van der Waals surface area contributed by atoms with E-state index in [0.717, 1.165) is 12.1 Å². The number of nitrogens with zero attached hydrogens (tertiary/aromatic N) is 1. The third-order valence-electron chi connectivity index (χ3n) is 4.14. The first-order valence-corrected chi connectivity index (χ1v) is 9.23. The monoisotopic (exact) mass is 366 g/mol. The van der Waals surface area contributed by atoms with Gasteiger partial charge in [-0.1, -0.05) is 24.3 Å². The van der Waals surface area contributed by atoms with Gasteiger partial charge in [0.1, 0.15) is 17.3 Å². The van der Waals surface area contributed by atoms with Gasteiger partial charge in [-0.3, -0.25) is 0 Å². The predicted molar refractivity (Wildman–Crippen MR) is 89.0 cm³/mol. The van der Waals surface area contributed by atoms with Crippen molar-refractivity contribution in [2.24, 2.45) is 0 Å². The van der Waals surface area contributed by atoms with Crippen LogP contribution in [-0.2, 0) is 9.84 Å². The second kappa shape index (κ2) is 6.79. The third-order valence-corrected chi connectivity index (χ3v) is 6.33. The Balaban J connectivity index is 1.72. The van der Waals surface area contributed by atoms with E-state index in [0.29, 0.717) is 0 Å². The topological polar surface area (TPSA) is 66.5 Å². The van der Waals surface area contributed by atoms with Crippen molar-refractivity contribution in [1.82, 2.24) is 4.90 Å². The number of hydrogen-bond donors (Lipinski definition) is 1. The number of urea groups is 1. The molecule has 1 aliphatic heterocycles. The zero-order chi connectivity index (χ0) is 18.0. The van der Waals surface area contributed by atoms with Crippen LogP contribution in [0.3, 0.4) is 0 Å². The molecule has 8 heteroatoms. The van der Waals surface area contributed by atoms with Crippen LogP contribution in [0.15, 0.2) is 53.4 Å². The number of benzene rings is 2. The van der Waals surface area contributed by atoms with E-state index in [1.165, 1.54) is 23.1 Å². The summed E-state index contributed by atoms with van der Waals surface area (Å²) in [6.45, 7) is 0.164. The number of hydrogen-bond acceptors (Lipinski definition) is 3. The van der Waals surface area contributed by atoms with Crippen LogP contribution in [0.4, 0.5) is 19.3 Å². The zero-order valence-corrected chi connectivity index (χ0v) is 14.0. The lowest BCUT2D eigenvalue weighted by molar-refractivity contribution is 0.222. The SMILES string of the molecule is O=C(Nc1c(F)cccc1F)N1CCC(S(=O)(=O)c2ccccc2)C1. The molecule has 1 saturated heterocycles. The summed E-state index contributed by atoms with van der Waals surface area (Å²) in [5.41, 5.74) is -0.540. The number of likely N-dealkylation sites (tertiary alicyclic amines) is 1. The fraction of sp³-hybridized carbons (Fsp3) is 0.235. The molecule has 25 heavy (non-hydrogen) atoms. The molecule has 0 spiro atoms. The number of amides is 2. The van der Waals surface area contributed by atoms with Gasteiger partial charge >= 0.3 is 6.03 Å². The van der Waals surface area contributed by atoms with Crippen molar-refractivity contribution in [3.05, 3.63) is 60.2 Å². The van der Waals surface area contributed by atoms with E-state index in [1.54, 1.807) is 18.2 Å². The molecule has 0 aromatic heterocycles. The number of para-hydroxylation sites is 1. The van der Waals surface area contributed by atoms with Crippen molar-refractivity contribution in [2.75, 3.05) is 18.4 Å². The van der Waals surface area contributed by atoms with Crippen LogP contribution in [0.2, 0.25) is 0 Å². The Morgan fingerprint density at radius 1 is 1.04 bits per heavy atom. The Morgan fingerprint density at radius 3 is 2.32 bits per heavy atom. The summed E-state index contributed by atoms with van der Waals surface area (Å²) in [5.74, 6) is -1.78. The molecule has 3 rings (SSSR count). The molecule has 0 radical (unpaired) electrons. The fourth-order valence-electron chi connectivity index (χ4n) is 2.77. The molecular formula is C17H16F2N2O3S. The molecule has 1 fully saturated rings. The molecule has 1 N–H and O–H groups in total. The summed E-state index contributed by atoms with van der Waals surface area (Å²) in [4.78, 5) is 13.7. The van der Waals surface area contributed by atoms with Crippen LogP contribution < -0.4 is 5.32 Å². The molecule has 5 nitrogen and oxygen atoms in total. The Hall–Kier alpha value is -2.48. The summed E-state index contributed by atoms with van der Waals surface area (Å²) in [5, 5.41) is 1.43. The van der Waals surface area contributed by atoms with Crippen molar-refractivity contribution in [2.45, 2.75) is 16.6 Å². The Morgan fingerprint density at radius 2 is 1.68 bits per heavy atom. The summed E-state index contributed by atoms with van der Waals surface area (Å²) in [7, 11) is -3.56. The number of halogens is 2. The van der Waals surface area contributed by atoms with Crippen LogP contribution in [-0.4, -0.2) is 37.7 Å². The molecule has 1 unspecified atom stereocenters. The van der Waals surface area contributed by atoms with E-state index < -0.39 is 38.4 Å². The normalized spacial score (nSPS) is 17.5. The standard InChI is InChI=1S/C17H16F2N2O3S/c18-14-7-4-8-15(19)16(14)20-17(22)21-10-9-13(11-21)25(23,24)12-5-2-1-3-6-12/h1-8,13H,9-11H2,(H,20,22). The maximum Gasteiger partial charge on any atom is 0.322 e. The second-order valence-electron chi connectivity index (χ2n) is 5.74. The molecule has 0 bridgehead atoms. The Kier molecular flexibility index (Phi) is 4.71. The minimum absolute atomic E-state index is 0.0286. The number of nitrogens with one attached hydrogen (secondary N) is 1. The van der Waals surface area contributed by atoms with Crippen molar-refractivity contribution in [3.8, 4) is 0 Å². The van der Waals surface area contributed by atoms with Gasteiger partial charge in [0.25, 0.3) is 0 Å². The third kappa shape index (κ3) is 3.48. The number of sulfone groups is 1. The molecule has 2 amide bonds. The Bertz CT molecular complexity index is 868. The number of anilines is 1. The van der Waals surface area contributed by atoms with Crippen LogP contribution in [0.5, 0.6) is 0 Å². The molecular weight excluding hydrogens is 350 g/mol. The van der Waals surface area contributed by atoms with Gasteiger partial charge < -0.3 is 10.2 Å². The van der Waals surface area contributed by atoms with E-state index >= 15 is 0 Å². The molecule has 2 aromatic rings. The highest BCUT2D eigenvalue weighted by Gasteiger charge is 2.36. The first-order chi connectivity index (χ1) is 11.9. The maximum atomic E-state index is 13.6. The lowest BCUT2D eigenvalue weighted by atomic mass is 10.3. The summed E-state index contributed by atoms with van der Waals surface area (Å²) in [6, 6.07) is 10.5. The highest BCUT2D eigenvalue weighted by molar-refractivity contribution is 7.92. The van der Waals surface area contributed by atoms with Gasteiger partial charge in [0.05, 0.1) is 10.1 Å². The van der Waals surface area contributed by atoms with Gasteiger partial charge in [-0.15, -0.1) is 0 Å². The highest BCUT2D eigenvalue weighted by atomic mass is 32.2. The number of carbonyl (C=O) groups is 1. The van der Waals surface area contributed by atoms with Gasteiger partial charge in [-0.2, -0.15) is 0 Å². The summed E-state index contributed by atoms with van der Waals surface area (Å²) < 4.78 is 52.4. The molecule has 0 saturated carbocycles. The largest absolute Gasteiger partial charge is 0.323 e. The quantitative estimate of drug-likeness (QED) is 0.908. The molecule has 132 valence electrons. The van der Waals surface area contributed by atoms with Gasteiger partial charge in [0.2, 0.25) is 0 Å². The van der Waals surface area contributed by atoms with Crippen LogP contribution in [0, 0.1) is 11.6 Å². The lowest BCUT2D eigenvalue weighted by Gasteiger charge is -2.18. The number of carbonyl (C=O) groups excluding carboxylic acids is 1. The minimum atomic E-state index is -3.56. The second-order valence-corrected chi connectivity index (χ2v) is 7.97. The first kappa shape index (κ1) is 17.3. The molecule has 2 aromatic carbocycles. The van der Waals surface area contributed by atoms with Gasteiger partial charge in [-0.05, 0) is 30.7 Å². The van der Waals surface area contributed by atoms with E-state index in [2.05, 4.69) is 5.32 Å². The van der Waals surface area contributed by atoms with Gasteiger partial charge in [0.15, 0.2) is 9.84 Å². The Labute approximate surface area is 144 Å². The van der Waals surface area contributed by atoms with Gasteiger partial charge in [-0.25, -0.2) is 22.0 Å². The predicted octanol–water partition coefficient (Wildman–Crippen LogP) is 3.04. The van der Waals surface area contributed by atoms with Crippen LogP contribution in [0.1, 0.15) is 6.42 Å². The van der Waals surface area contributed by atoms with E-state index in [9.17, 15) is 22.0 Å². The van der Waals surface area contributed by atoms with Crippen molar-refractivity contribution in [1.29, 1.82) is 0 Å². The molecule has 1 aliphatic rings. The van der Waals surface area contributed by atoms with Crippen molar-refractivity contribution < 1.29 is 22.0 Å². The van der Waals surface area contributed by atoms with Crippen molar-refractivity contribution >= 4 is 21.6 Å². The maximum absolute atomic E-state index is 13.6. The average Bonchev–Trinajstić information content (AvgIpc) is 3.10. The molecule has 1 atom stereocenters. The van der Waals surface area contributed by atoms with E-state index in [-0.39, 0.29) is 24.4 Å². The first-order valence-electron chi connectivity index (χ1n) is 7.68. The van der Waals surface area contributed by atoms with Crippen LogP contribution >= 0.6 is 0 Å². The molecule has 0 aliphatic carbocycles. The van der Waals surface area contributed by atoms with E-state index in [4.69, 9.17) is 0 Å². The van der Waals surface area contributed by atoms with Crippen LogP contribution in [0.25, 0.3) is 0 Å². The van der Waals surface area contributed by atoms with Crippen molar-refractivity contribution in [3.63, 3.8) is 0 Å². The number of rotatable bonds is 3. The van der Waals surface area contributed by atoms with Gasteiger partial charge in [0, 0.05) is 13.1 Å². The highest BCUT2D eigenvalue weighted by Crippen LogP contribution is 2.25. The molecule has 1 heterocycles. The fourth-order valence-corrected chi connectivity index (χ4v) is 4.49. The van der Waals surface area contributed by atoms with E-state index in [1.807, 2.05) is 0 Å². The summed E-state index contributed by atoms with van der Waals surface area (Å²) >= 11 is 0. The lowest BCUT2D eigenvalue weighted by Crippen LogP contribution is -2.35.